The zero-order chi connectivity index (χ0) is 23.4. The average molecular weight is 489 g/mol. The molecule has 3 aromatic rings. The molecule has 1 N–H and O–H groups in total. The highest BCUT2D eigenvalue weighted by molar-refractivity contribution is 6.39. The molecule has 176 valence electrons. The fourth-order valence-electron chi connectivity index (χ4n) is 4.17. The van der Waals surface area contributed by atoms with Gasteiger partial charge in [-0.2, -0.15) is 4.98 Å². The van der Waals surface area contributed by atoms with Crippen LogP contribution in [0.1, 0.15) is 19.3 Å². The third kappa shape index (κ3) is 5.66. The predicted molar refractivity (Wildman–Crippen MR) is 137 cm³/mol. The first kappa shape index (κ1) is 24.0. The summed E-state index contributed by atoms with van der Waals surface area (Å²) in [6, 6.07) is 6.96. The second kappa shape index (κ2) is 10.8. The highest BCUT2D eigenvalue weighted by Crippen LogP contribution is 2.33. The van der Waals surface area contributed by atoms with Crippen molar-refractivity contribution in [3.8, 4) is 11.1 Å². The van der Waals surface area contributed by atoms with E-state index in [1.807, 2.05) is 0 Å². The van der Waals surface area contributed by atoms with Gasteiger partial charge < -0.3 is 15.1 Å². The number of hydrogen-bond acceptors (Lipinski definition) is 6. The zero-order valence-electron chi connectivity index (χ0n) is 19.2. The number of fused-ring (bicyclic) bond motifs is 1. The predicted octanol–water partition coefficient (Wildman–Crippen LogP) is 4.13. The van der Waals surface area contributed by atoms with E-state index >= 15 is 0 Å². The van der Waals surface area contributed by atoms with Crippen LogP contribution in [0.3, 0.4) is 0 Å². The van der Waals surface area contributed by atoms with Crippen molar-refractivity contribution >= 4 is 40.2 Å². The normalized spacial score (nSPS) is 15.3. The molecular formula is C24H30Cl2N6O. The van der Waals surface area contributed by atoms with Gasteiger partial charge >= 0.3 is 0 Å². The molecule has 0 saturated carbocycles. The summed E-state index contributed by atoms with van der Waals surface area (Å²) < 4.78 is 1.52. The largest absolute Gasteiger partial charge is 0.354 e. The van der Waals surface area contributed by atoms with Crippen LogP contribution in [0.15, 0.2) is 35.3 Å². The van der Waals surface area contributed by atoms with Crippen LogP contribution < -0.4 is 10.9 Å². The smallest absolute Gasteiger partial charge is 0.259 e. The Kier molecular flexibility index (Phi) is 7.86. The molecule has 3 heterocycles. The van der Waals surface area contributed by atoms with E-state index in [-0.39, 0.29) is 5.56 Å². The maximum atomic E-state index is 13.0. The number of aromatic nitrogens is 3. The topological polar surface area (TPSA) is 66.3 Å². The van der Waals surface area contributed by atoms with Crippen molar-refractivity contribution in [2.45, 2.75) is 19.3 Å². The van der Waals surface area contributed by atoms with E-state index in [1.54, 1.807) is 37.5 Å². The van der Waals surface area contributed by atoms with Crippen LogP contribution in [0, 0.1) is 0 Å². The lowest BCUT2D eigenvalue weighted by molar-refractivity contribution is 0.152. The number of rotatable bonds is 8. The first-order valence-corrected chi connectivity index (χ1v) is 12.2. The third-order valence-corrected chi connectivity index (χ3v) is 6.84. The molecule has 1 aliphatic rings. The fraction of sp³-hybridized carbons (Fsp3) is 0.458. The summed E-state index contributed by atoms with van der Waals surface area (Å²) in [4.78, 5) is 27.0. The maximum absolute atomic E-state index is 13.0. The minimum Gasteiger partial charge on any atom is -0.354 e. The van der Waals surface area contributed by atoms with Gasteiger partial charge in [-0.15, -0.1) is 0 Å². The van der Waals surface area contributed by atoms with Gasteiger partial charge in [-0.3, -0.25) is 9.36 Å². The monoisotopic (exact) mass is 488 g/mol. The number of piperazine rings is 1. The van der Waals surface area contributed by atoms with E-state index in [9.17, 15) is 4.79 Å². The number of benzene rings is 1. The highest BCUT2D eigenvalue weighted by atomic mass is 35.5. The van der Waals surface area contributed by atoms with E-state index < -0.39 is 0 Å². The molecule has 9 heteroatoms. The fourth-order valence-corrected chi connectivity index (χ4v) is 4.78. The van der Waals surface area contributed by atoms with Crippen LogP contribution >= 0.6 is 23.2 Å². The zero-order valence-corrected chi connectivity index (χ0v) is 20.7. The number of unbranched alkanes of at least 4 members (excludes halogenated alkanes) is 2. The average Bonchev–Trinajstić information content (AvgIpc) is 2.80. The standard InChI is InChI=1S/C24H30Cl2N6O/c1-30-11-13-32(14-12-30)10-5-3-4-9-27-24-28-16-17-15-18(23(33)31(2)22(17)29-24)21-19(25)7-6-8-20(21)26/h6-8,15-16H,3-5,9-14H2,1-2H3,(H,27,28,29). The molecule has 0 amide bonds. The summed E-state index contributed by atoms with van der Waals surface area (Å²) in [7, 11) is 3.89. The van der Waals surface area contributed by atoms with Crippen LogP contribution in [-0.2, 0) is 7.05 Å². The van der Waals surface area contributed by atoms with Gasteiger partial charge in [0.1, 0.15) is 5.65 Å². The van der Waals surface area contributed by atoms with Crippen molar-refractivity contribution in [3.63, 3.8) is 0 Å². The molecule has 4 rings (SSSR count). The van der Waals surface area contributed by atoms with E-state index in [4.69, 9.17) is 23.2 Å². The highest BCUT2D eigenvalue weighted by Gasteiger charge is 2.16. The molecule has 2 aromatic heterocycles. The number of anilines is 1. The number of pyridine rings is 1. The van der Waals surface area contributed by atoms with Crippen LogP contribution in [0.5, 0.6) is 0 Å². The van der Waals surface area contributed by atoms with Gasteiger partial charge in [0.25, 0.3) is 5.56 Å². The quantitative estimate of drug-likeness (QED) is 0.480. The van der Waals surface area contributed by atoms with Crippen LogP contribution in [0.4, 0.5) is 5.95 Å². The van der Waals surface area contributed by atoms with Gasteiger partial charge in [0.05, 0.1) is 15.6 Å². The molecule has 1 fully saturated rings. The minimum atomic E-state index is -0.203. The Balaban J connectivity index is 1.37. The summed E-state index contributed by atoms with van der Waals surface area (Å²) in [6.07, 6.45) is 5.14. The Labute approximate surface area is 204 Å². The molecule has 7 nitrogen and oxygen atoms in total. The Morgan fingerprint density at radius 2 is 1.76 bits per heavy atom. The Bertz CT molecular complexity index is 1150. The van der Waals surface area contributed by atoms with Crippen LogP contribution in [-0.4, -0.2) is 70.7 Å². The minimum absolute atomic E-state index is 0.203. The molecule has 0 radical (unpaired) electrons. The van der Waals surface area contributed by atoms with E-state index in [1.165, 1.54) is 30.6 Å². The summed E-state index contributed by atoms with van der Waals surface area (Å²) in [5, 5.41) is 4.91. The molecule has 0 atom stereocenters. The van der Waals surface area contributed by atoms with Gasteiger partial charge in [-0.1, -0.05) is 35.7 Å². The van der Waals surface area contributed by atoms with E-state index in [0.29, 0.717) is 32.8 Å². The number of nitrogens with zero attached hydrogens (tertiary/aromatic N) is 5. The summed E-state index contributed by atoms with van der Waals surface area (Å²) in [5.41, 5.74) is 1.33. The van der Waals surface area contributed by atoms with Gasteiger partial charge in [-0.05, 0) is 44.6 Å². The second-order valence-corrected chi connectivity index (χ2v) is 9.44. The van der Waals surface area contributed by atoms with Gasteiger partial charge in [0.2, 0.25) is 5.95 Å². The Morgan fingerprint density at radius 1 is 1.03 bits per heavy atom. The molecule has 33 heavy (non-hydrogen) atoms. The SMILES string of the molecule is CN1CCN(CCCCCNc2ncc3cc(-c4c(Cl)cccc4Cl)c(=O)n(C)c3n2)CC1. The lowest BCUT2D eigenvalue weighted by atomic mass is 10.1. The molecule has 0 aliphatic carbocycles. The van der Waals surface area contributed by atoms with Crippen molar-refractivity contribution < 1.29 is 0 Å². The molecule has 0 spiro atoms. The van der Waals surface area contributed by atoms with Gasteiger partial charge in [-0.25, -0.2) is 4.98 Å². The molecular weight excluding hydrogens is 459 g/mol. The number of halogens is 2. The molecule has 0 bridgehead atoms. The van der Waals surface area contributed by atoms with Crippen LogP contribution in [0.25, 0.3) is 22.2 Å². The van der Waals surface area contributed by atoms with Crippen molar-refractivity contribution in [2.24, 2.45) is 7.05 Å². The molecule has 1 aliphatic heterocycles. The van der Waals surface area contributed by atoms with E-state index in [2.05, 4.69) is 32.1 Å². The first-order valence-electron chi connectivity index (χ1n) is 11.4. The summed E-state index contributed by atoms with van der Waals surface area (Å²) in [5.74, 6) is 0.528. The number of hydrogen-bond donors (Lipinski definition) is 1. The number of likely N-dealkylation sites (N-methyl/N-ethyl adjacent to an activating group) is 1. The number of aryl methyl sites for hydroxylation is 1. The van der Waals surface area contributed by atoms with Crippen molar-refractivity contribution in [1.82, 2.24) is 24.3 Å². The van der Waals surface area contributed by atoms with Crippen molar-refractivity contribution in [3.05, 3.63) is 50.9 Å². The lowest BCUT2D eigenvalue weighted by Gasteiger charge is -2.32. The van der Waals surface area contributed by atoms with Crippen molar-refractivity contribution in [1.29, 1.82) is 0 Å². The first-order chi connectivity index (χ1) is 15.9. The Morgan fingerprint density at radius 3 is 2.48 bits per heavy atom. The summed E-state index contributed by atoms with van der Waals surface area (Å²) in [6.45, 7) is 6.63. The lowest BCUT2D eigenvalue weighted by Crippen LogP contribution is -2.44. The van der Waals surface area contributed by atoms with Crippen molar-refractivity contribution in [2.75, 3.05) is 51.6 Å². The maximum Gasteiger partial charge on any atom is 0.259 e. The van der Waals surface area contributed by atoms with E-state index in [0.717, 1.165) is 37.9 Å². The van der Waals surface area contributed by atoms with Crippen LogP contribution in [0.2, 0.25) is 10.0 Å². The molecule has 0 unspecified atom stereocenters. The molecule has 1 saturated heterocycles. The third-order valence-electron chi connectivity index (χ3n) is 6.21. The number of nitrogens with one attached hydrogen (secondary N) is 1. The van der Waals surface area contributed by atoms with Gasteiger partial charge in [0.15, 0.2) is 0 Å². The molecule has 1 aromatic carbocycles. The second-order valence-electron chi connectivity index (χ2n) is 8.62. The summed E-state index contributed by atoms with van der Waals surface area (Å²) >= 11 is 12.7. The van der Waals surface area contributed by atoms with Gasteiger partial charge in [0, 0.05) is 56.9 Å². The Hall–Kier alpha value is -2.19.